The van der Waals surface area contributed by atoms with Gasteiger partial charge in [0.1, 0.15) is 12.4 Å². The molecule has 6 heteroatoms. The van der Waals surface area contributed by atoms with E-state index in [9.17, 15) is 0 Å². The van der Waals surface area contributed by atoms with Crippen molar-refractivity contribution in [3.63, 3.8) is 0 Å². The van der Waals surface area contributed by atoms with Crippen LogP contribution < -0.4 is 20.1 Å². The van der Waals surface area contributed by atoms with Gasteiger partial charge in [0, 0.05) is 24.1 Å². The molecule has 3 rings (SSSR count). The fraction of sp³-hybridized carbons (Fsp3) is 0.308. The van der Waals surface area contributed by atoms with E-state index in [2.05, 4.69) is 9.88 Å². The van der Waals surface area contributed by atoms with Gasteiger partial charge in [-0.15, -0.1) is 11.3 Å². The summed E-state index contributed by atoms with van der Waals surface area (Å²) in [6.07, 6.45) is 0. The number of aromatic nitrogens is 1. The van der Waals surface area contributed by atoms with Crippen molar-refractivity contribution in [3.05, 3.63) is 17.5 Å². The number of hydrogen-bond donors (Lipinski definition) is 1. The van der Waals surface area contributed by atoms with Gasteiger partial charge in [-0.3, -0.25) is 0 Å². The van der Waals surface area contributed by atoms with Crippen molar-refractivity contribution in [1.82, 2.24) is 4.98 Å². The van der Waals surface area contributed by atoms with Crippen LogP contribution in [0, 0.1) is 0 Å². The predicted octanol–water partition coefficient (Wildman–Crippen LogP) is 2.23. The maximum Gasteiger partial charge on any atom is 0.180 e. The minimum absolute atomic E-state index is 0.552. The number of thiazole rings is 1. The average Bonchev–Trinajstić information content (AvgIpc) is 2.85. The Hall–Kier alpha value is -1.95. The number of nitrogens with zero attached hydrogens (tertiary/aromatic N) is 2. The normalized spacial score (nSPS) is 13.9. The average molecular weight is 277 g/mol. The molecule has 0 saturated carbocycles. The Balaban J connectivity index is 2.20. The summed E-state index contributed by atoms with van der Waals surface area (Å²) in [5.74, 6) is 1.64. The Morgan fingerprint density at radius 3 is 3.00 bits per heavy atom. The monoisotopic (exact) mass is 277 g/mol. The minimum Gasteiger partial charge on any atom is -0.497 e. The second-order valence-electron chi connectivity index (χ2n) is 4.36. The SMILES string of the molecule is COc1cc(-c2csc(N)n2)c2c(c1)N(C)CCO2. The fourth-order valence-corrected chi connectivity index (χ4v) is 2.71. The molecule has 2 heterocycles. The Labute approximate surface area is 115 Å². The molecule has 0 atom stereocenters. The van der Waals surface area contributed by atoms with Crippen LogP contribution in [-0.2, 0) is 0 Å². The molecule has 0 saturated heterocycles. The Bertz CT molecular complexity index is 612. The molecule has 2 N–H and O–H groups in total. The lowest BCUT2D eigenvalue weighted by Gasteiger charge is -2.29. The minimum atomic E-state index is 0.552. The maximum atomic E-state index is 5.81. The molecular weight excluding hydrogens is 262 g/mol. The summed E-state index contributed by atoms with van der Waals surface area (Å²) in [5.41, 5.74) is 8.49. The number of fused-ring (bicyclic) bond motifs is 1. The third-order valence-corrected chi connectivity index (χ3v) is 3.83. The van der Waals surface area contributed by atoms with Gasteiger partial charge in [-0.1, -0.05) is 0 Å². The van der Waals surface area contributed by atoms with Crippen LogP contribution in [0.5, 0.6) is 11.5 Å². The second-order valence-corrected chi connectivity index (χ2v) is 5.25. The smallest absolute Gasteiger partial charge is 0.180 e. The maximum absolute atomic E-state index is 5.81. The van der Waals surface area contributed by atoms with Gasteiger partial charge < -0.3 is 20.1 Å². The molecule has 0 fully saturated rings. The van der Waals surface area contributed by atoms with E-state index in [-0.39, 0.29) is 0 Å². The van der Waals surface area contributed by atoms with Crippen LogP contribution in [0.25, 0.3) is 11.3 Å². The highest BCUT2D eigenvalue weighted by Gasteiger charge is 2.22. The summed E-state index contributed by atoms with van der Waals surface area (Å²) in [7, 11) is 3.70. The van der Waals surface area contributed by atoms with E-state index in [1.165, 1.54) is 11.3 Å². The molecule has 0 amide bonds. The van der Waals surface area contributed by atoms with E-state index < -0.39 is 0 Å². The van der Waals surface area contributed by atoms with Crippen molar-refractivity contribution in [3.8, 4) is 22.8 Å². The van der Waals surface area contributed by atoms with Gasteiger partial charge in [0.05, 0.1) is 25.0 Å². The first-order chi connectivity index (χ1) is 9.19. The molecule has 0 spiro atoms. The number of anilines is 2. The number of nitrogens with two attached hydrogens (primary N) is 1. The highest BCUT2D eigenvalue weighted by Crippen LogP contribution is 2.43. The molecule has 19 heavy (non-hydrogen) atoms. The lowest BCUT2D eigenvalue weighted by Crippen LogP contribution is -2.29. The van der Waals surface area contributed by atoms with Crippen LogP contribution in [-0.4, -0.2) is 32.3 Å². The van der Waals surface area contributed by atoms with E-state index in [0.717, 1.165) is 35.0 Å². The fourth-order valence-electron chi connectivity index (χ4n) is 2.15. The summed E-state index contributed by atoms with van der Waals surface area (Å²) in [4.78, 5) is 6.49. The van der Waals surface area contributed by atoms with Crippen molar-refractivity contribution >= 4 is 22.2 Å². The number of ether oxygens (including phenoxy) is 2. The number of nitrogen functional groups attached to an aromatic ring is 1. The molecule has 1 aliphatic heterocycles. The predicted molar refractivity (Wildman–Crippen MR) is 77.3 cm³/mol. The zero-order chi connectivity index (χ0) is 13.4. The summed E-state index contributed by atoms with van der Waals surface area (Å²) in [6, 6.07) is 3.92. The summed E-state index contributed by atoms with van der Waals surface area (Å²) in [5, 5.41) is 2.48. The van der Waals surface area contributed by atoms with Gasteiger partial charge in [0.25, 0.3) is 0 Å². The van der Waals surface area contributed by atoms with E-state index in [4.69, 9.17) is 15.2 Å². The van der Waals surface area contributed by atoms with E-state index in [1.54, 1.807) is 7.11 Å². The number of likely N-dealkylation sites (N-methyl/N-ethyl adjacent to an activating group) is 1. The summed E-state index contributed by atoms with van der Waals surface area (Å²) >= 11 is 1.42. The number of hydrogen-bond acceptors (Lipinski definition) is 6. The third kappa shape index (κ3) is 2.08. The molecule has 0 radical (unpaired) electrons. The van der Waals surface area contributed by atoms with Crippen LogP contribution in [0.1, 0.15) is 0 Å². The lowest BCUT2D eigenvalue weighted by molar-refractivity contribution is 0.311. The molecule has 0 unspecified atom stereocenters. The topological polar surface area (TPSA) is 60.6 Å². The zero-order valence-corrected chi connectivity index (χ0v) is 11.7. The molecule has 100 valence electrons. The standard InChI is InChI=1S/C13H15N3O2S/c1-16-3-4-18-12-9(10-7-19-13(14)15-10)5-8(17-2)6-11(12)16/h5-7H,3-4H2,1-2H3,(H2,14,15). The summed E-state index contributed by atoms with van der Waals surface area (Å²) < 4.78 is 11.2. The van der Waals surface area contributed by atoms with Crippen LogP contribution in [0.3, 0.4) is 0 Å². The van der Waals surface area contributed by atoms with E-state index in [0.29, 0.717) is 11.7 Å². The molecule has 1 aliphatic rings. The first kappa shape index (κ1) is 12.1. The molecule has 1 aromatic carbocycles. The quantitative estimate of drug-likeness (QED) is 0.912. The molecule has 5 nitrogen and oxygen atoms in total. The van der Waals surface area contributed by atoms with E-state index >= 15 is 0 Å². The molecular formula is C13H15N3O2S. The van der Waals surface area contributed by atoms with Crippen molar-refractivity contribution in [2.75, 3.05) is 37.9 Å². The second kappa shape index (κ2) is 4.62. The first-order valence-electron chi connectivity index (χ1n) is 5.96. The highest BCUT2D eigenvalue weighted by molar-refractivity contribution is 7.13. The van der Waals surface area contributed by atoms with Gasteiger partial charge in [-0.2, -0.15) is 0 Å². The van der Waals surface area contributed by atoms with Crippen LogP contribution in [0.4, 0.5) is 10.8 Å². The molecule has 1 aromatic heterocycles. The molecule has 0 aliphatic carbocycles. The molecule has 0 bridgehead atoms. The van der Waals surface area contributed by atoms with E-state index in [1.807, 2.05) is 24.6 Å². The number of methoxy groups -OCH3 is 1. The Morgan fingerprint density at radius 1 is 1.47 bits per heavy atom. The van der Waals surface area contributed by atoms with Crippen molar-refractivity contribution in [2.24, 2.45) is 0 Å². The Morgan fingerprint density at radius 2 is 2.32 bits per heavy atom. The first-order valence-corrected chi connectivity index (χ1v) is 6.84. The van der Waals surface area contributed by atoms with Gasteiger partial charge in [0.15, 0.2) is 10.9 Å². The lowest BCUT2D eigenvalue weighted by atomic mass is 10.1. The van der Waals surface area contributed by atoms with Crippen LogP contribution in [0.2, 0.25) is 0 Å². The molecule has 2 aromatic rings. The van der Waals surface area contributed by atoms with Crippen molar-refractivity contribution in [2.45, 2.75) is 0 Å². The third-order valence-electron chi connectivity index (χ3n) is 3.16. The van der Waals surface area contributed by atoms with Crippen LogP contribution >= 0.6 is 11.3 Å². The number of rotatable bonds is 2. The van der Waals surface area contributed by atoms with Crippen molar-refractivity contribution in [1.29, 1.82) is 0 Å². The van der Waals surface area contributed by atoms with Gasteiger partial charge in [-0.05, 0) is 6.07 Å². The summed E-state index contributed by atoms with van der Waals surface area (Å²) in [6.45, 7) is 1.53. The van der Waals surface area contributed by atoms with Gasteiger partial charge in [-0.25, -0.2) is 4.98 Å². The number of benzene rings is 1. The van der Waals surface area contributed by atoms with Crippen LogP contribution in [0.15, 0.2) is 17.5 Å². The van der Waals surface area contributed by atoms with Crippen molar-refractivity contribution < 1.29 is 9.47 Å². The Kier molecular flexibility index (Phi) is 2.94. The largest absolute Gasteiger partial charge is 0.497 e. The van der Waals surface area contributed by atoms with Gasteiger partial charge >= 0.3 is 0 Å². The zero-order valence-electron chi connectivity index (χ0n) is 10.8. The van der Waals surface area contributed by atoms with Gasteiger partial charge in [0.2, 0.25) is 0 Å². The highest BCUT2D eigenvalue weighted by atomic mass is 32.1.